The van der Waals surface area contributed by atoms with Crippen molar-refractivity contribution in [1.82, 2.24) is 5.32 Å². The van der Waals surface area contributed by atoms with E-state index in [0.717, 1.165) is 22.7 Å². The van der Waals surface area contributed by atoms with Gasteiger partial charge in [0.1, 0.15) is 11.5 Å². The molecule has 0 bridgehead atoms. The molecule has 3 nitrogen and oxygen atoms in total. The minimum Gasteiger partial charge on any atom is -0.497 e. The third-order valence-electron chi connectivity index (χ3n) is 3.11. The van der Waals surface area contributed by atoms with Gasteiger partial charge in [0.05, 0.1) is 25.9 Å². The minimum atomic E-state index is 0.112. The first-order valence-electron chi connectivity index (χ1n) is 6.88. The van der Waals surface area contributed by atoms with Crippen molar-refractivity contribution in [3.05, 3.63) is 60.2 Å². The average molecular weight is 282 g/mol. The summed E-state index contributed by atoms with van der Waals surface area (Å²) in [6.07, 6.45) is 4.14. The molecule has 2 aromatic carbocycles. The fourth-order valence-electron chi connectivity index (χ4n) is 1.91. The molecule has 0 amide bonds. The monoisotopic (exact) mass is 282 g/mol. The fraction of sp³-hybridized carbons (Fsp3) is 0.222. The molecule has 1 radical (unpaired) electrons. The van der Waals surface area contributed by atoms with Crippen LogP contribution < -0.4 is 14.8 Å². The fourth-order valence-corrected chi connectivity index (χ4v) is 1.91. The van der Waals surface area contributed by atoms with Gasteiger partial charge in [0.2, 0.25) is 0 Å². The van der Waals surface area contributed by atoms with Crippen LogP contribution in [-0.2, 0) is 0 Å². The van der Waals surface area contributed by atoms with Gasteiger partial charge in [-0.05, 0) is 48.9 Å². The Bertz CT molecular complexity index is 573. The van der Waals surface area contributed by atoms with E-state index >= 15 is 0 Å². The van der Waals surface area contributed by atoms with Crippen LogP contribution in [0.5, 0.6) is 11.5 Å². The van der Waals surface area contributed by atoms with Crippen LogP contribution in [0, 0.1) is 0 Å². The van der Waals surface area contributed by atoms with E-state index in [0.29, 0.717) is 0 Å². The quantitative estimate of drug-likeness (QED) is 0.801. The summed E-state index contributed by atoms with van der Waals surface area (Å²) in [7, 11) is 3.33. The van der Waals surface area contributed by atoms with Crippen LogP contribution in [0.15, 0.2) is 54.6 Å². The van der Waals surface area contributed by atoms with Gasteiger partial charge in [0.15, 0.2) is 0 Å². The van der Waals surface area contributed by atoms with Crippen molar-refractivity contribution < 1.29 is 9.47 Å². The maximum atomic E-state index is 5.14. The molecular formula is C18H20NO2. The van der Waals surface area contributed by atoms with Crippen LogP contribution >= 0.6 is 0 Å². The molecule has 0 aromatic heterocycles. The normalized spacial score (nSPS) is 12.1. The highest BCUT2D eigenvalue weighted by Crippen LogP contribution is 2.17. The second-order valence-electron chi connectivity index (χ2n) is 4.70. The van der Waals surface area contributed by atoms with Gasteiger partial charge < -0.3 is 9.47 Å². The number of rotatable bonds is 6. The summed E-state index contributed by atoms with van der Waals surface area (Å²) in [5, 5.41) is 4.62. The summed E-state index contributed by atoms with van der Waals surface area (Å²) in [4.78, 5) is 0. The molecule has 2 aromatic rings. The molecule has 0 aliphatic rings. The lowest BCUT2D eigenvalue weighted by Crippen LogP contribution is -2.10. The Morgan fingerprint density at radius 1 is 0.857 bits per heavy atom. The Hall–Kier alpha value is -2.42. The molecule has 1 unspecified atom stereocenters. The van der Waals surface area contributed by atoms with Gasteiger partial charge in [0, 0.05) is 0 Å². The van der Waals surface area contributed by atoms with Crippen molar-refractivity contribution in [2.24, 2.45) is 0 Å². The van der Waals surface area contributed by atoms with Crippen LogP contribution in [-0.4, -0.2) is 20.3 Å². The number of ether oxygens (including phenoxy) is 2. The van der Waals surface area contributed by atoms with Gasteiger partial charge in [-0.25, -0.2) is 0 Å². The van der Waals surface area contributed by atoms with Crippen LogP contribution in [0.3, 0.4) is 0 Å². The van der Waals surface area contributed by atoms with Gasteiger partial charge in [-0.1, -0.05) is 24.3 Å². The molecule has 0 fully saturated rings. The zero-order valence-electron chi connectivity index (χ0n) is 12.6. The second kappa shape index (κ2) is 7.39. The molecule has 0 heterocycles. The molecule has 109 valence electrons. The van der Waals surface area contributed by atoms with Crippen LogP contribution in [0.2, 0.25) is 0 Å². The lowest BCUT2D eigenvalue weighted by atomic mass is 10.1. The average Bonchev–Trinajstić information content (AvgIpc) is 2.54. The predicted molar refractivity (Wildman–Crippen MR) is 86.3 cm³/mol. The van der Waals surface area contributed by atoms with Gasteiger partial charge in [0.25, 0.3) is 0 Å². The van der Waals surface area contributed by atoms with E-state index in [1.807, 2.05) is 48.5 Å². The zero-order valence-corrected chi connectivity index (χ0v) is 12.6. The molecular weight excluding hydrogens is 262 g/mol. The Morgan fingerprint density at radius 2 is 1.38 bits per heavy atom. The number of benzene rings is 2. The van der Waals surface area contributed by atoms with Gasteiger partial charge >= 0.3 is 0 Å². The largest absolute Gasteiger partial charge is 0.497 e. The van der Waals surface area contributed by atoms with Crippen molar-refractivity contribution in [2.75, 3.05) is 14.2 Å². The first-order chi connectivity index (χ1) is 10.2. The van der Waals surface area contributed by atoms with Gasteiger partial charge in [-0.3, -0.25) is 5.32 Å². The molecule has 0 spiro atoms. The number of hydrogen-bond donors (Lipinski definition) is 0. The van der Waals surface area contributed by atoms with Crippen molar-refractivity contribution in [3.63, 3.8) is 0 Å². The highest BCUT2D eigenvalue weighted by Gasteiger charge is 2.00. The molecule has 21 heavy (non-hydrogen) atoms. The third-order valence-corrected chi connectivity index (χ3v) is 3.11. The molecule has 0 saturated carbocycles. The standard InChI is InChI=1S/C18H20NO2/c1-14(19-16-8-12-18(21-3)13-9-16)4-5-15-6-10-17(20-2)11-7-15/h4-14H,1-3H3. The lowest BCUT2D eigenvalue weighted by molar-refractivity contribution is 0.414. The van der Waals surface area contributed by atoms with E-state index in [2.05, 4.69) is 24.4 Å². The second-order valence-corrected chi connectivity index (χ2v) is 4.70. The van der Waals surface area contributed by atoms with Crippen molar-refractivity contribution in [3.8, 4) is 11.5 Å². The number of nitrogens with zero attached hydrogens (tertiary/aromatic N) is 1. The molecule has 0 saturated heterocycles. The molecule has 0 aliphatic carbocycles. The van der Waals surface area contributed by atoms with E-state index in [-0.39, 0.29) is 6.04 Å². The van der Waals surface area contributed by atoms with E-state index in [9.17, 15) is 0 Å². The summed E-state index contributed by atoms with van der Waals surface area (Å²) in [5.41, 5.74) is 2.08. The molecule has 0 N–H and O–H groups in total. The Morgan fingerprint density at radius 3 is 1.90 bits per heavy atom. The summed E-state index contributed by atoms with van der Waals surface area (Å²) >= 11 is 0. The van der Waals surface area contributed by atoms with E-state index in [1.165, 1.54) is 0 Å². The molecule has 0 aliphatic heterocycles. The van der Waals surface area contributed by atoms with E-state index < -0.39 is 0 Å². The SMILES string of the molecule is COc1ccc(C=CC(C)[N]c2ccc(OC)cc2)cc1. The van der Waals surface area contributed by atoms with Gasteiger partial charge in [-0.2, -0.15) is 0 Å². The van der Waals surface area contributed by atoms with Gasteiger partial charge in [-0.15, -0.1) is 0 Å². The maximum absolute atomic E-state index is 5.14. The first-order valence-corrected chi connectivity index (χ1v) is 6.88. The lowest BCUT2D eigenvalue weighted by Gasteiger charge is -2.08. The summed E-state index contributed by atoms with van der Waals surface area (Å²) in [6.45, 7) is 2.06. The zero-order chi connectivity index (χ0) is 15.1. The predicted octanol–water partition coefficient (Wildman–Crippen LogP) is 4.04. The summed E-state index contributed by atoms with van der Waals surface area (Å²) in [5.74, 6) is 1.71. The Kier molecular flexibility index (Phi) is 5.27. The topological polar surface area (TPSA) is 32.6 Å². The van der Waals surface area contributed by atoms with Crippen molar-refractivity contribution in [1.29, 1.82) is 0 Å². The highest BCUT2D eigenvalue weighted by molar-refractivity contribution is 5.51. The summed E-state index contributed by atoms with van der Waals surface area (Å²) in [6, 6.07) is 15.8. The molecule has 3 heteroatoms. The van der Waals surface area contributed by atoms with E-state index in [1.54, 1.807) is 14.2 Å². The van der Waals surface area contributed by atoms with Crippen LogP contribution in [0.4, 0.5) is 5.69 Å². The smallest absolute Gasteiger partial charge is 0.119 e. The number of methoxy groups -OCH3 is 2. The number of hydrogen-bond acceptors (Lipinski definition) is 2. The Balaban J connectivity index is 1.93. The van der Waals surface area contributed by atoms with Crippen molar-refractivity contribution >= 4 is 11.8 Å². The van der Waals surface area contributed by atoms with Crippen LogP contribution in [0.25, 0.3) is 6.08 Å². The van der Waals surface area contributed by atoms with Crippen LogP contribution in [0.1, 0.15) is 12.5 Å². The highest BCUT2D eigenvalue weighted by atomic mass is 16.5. The van der Waals surface area contributed by atoms with E-state index in [4.69, 9.17) is 9.47 Å². The maximum Gasteiger partial charge on any atom is 0.119 e. The third kappa shape index (κ3) is 4.56. The Labute approximate surface area is 126 Å². The molecule has 1 atom stereocenters. The summed E-state index contributed by atoms with van der Waals surface area (Å²) < 4.78 is 10.3. The minimum absolute atomic E-state index is 0.112. The van der Waals surface area contributed by atoms with Crippen molar-refractivity contribution in [2.45, 2.75) is 13.0 Å². The first kappa shape index (κ1) is 15.0. The molecule has 2 rings (SSSR count).